The minimum atomic E-state index is -0.697. The number of hydrogen-bond donors (Lipinski definition) is 2. The number of ether oxygens (including phenoxy) is 3. The van der Waals surface area contributed by atoms with Crippen molar-refractivity contribution in [3.8, 4) is 17.2 Å². The zero-order valence-electron chi connectivity index (χ0n) is 23.6. The molecule has 0 radical (unpaired) electrons. The summed E-state index contributed by atoms with van der Waals surface area (Å²) in [7, 11) is 3.30. The van der Waals surface area contributed by atoms with Crippen molar-refractivity contribution in [1.82, 2.24) is 4.90 Å². The number of benzene rings is 4. The summed E-state index contributed by atoms with van der Waals surface area (Å²) in [6, 6.07) is 32.2. The van der Waals surface area contributed by atoms with Crippen molar-refractivity contribution in [2.45, 2.75) is 45.1 Å². The van der Waals surface area contributed by atoms with Crippen molar-refractivity contribution in [3.05, 3.63) is 119 Å². The third kappa shape index (κ3) is 8.01. The molecule has 0 spiro atoms. The fourth-order valence-corrected chi connectivity index (χ4v) is 4.78. The number of hydrogen-bond acceptors (Lipinski definition) is 6. The number of nitrogen functional groups attached to an aromatic ring is 1. The Bertz CT molecular complexity index is 1330. The van der Waals surface area contributed by atoms with E-state index >= 15 is 0 Å². The average Bonchev–Trinajstić information content (AvgIpc) is 2.99. The molecule has 2 unspecified atom stereocenters. The van der Waals surface area contributed by atoms with E-state index in [0.29, 0.717) is 24.6 Å². The first kappa shape index (κ1) is 29.0. The molecule has 4 aromatic rings. The molecular weight excluding hydrogens is 500 g/mol. The van der Waals surface area contributed by atoms with Crippen LogP contribution in [0.4, 0.5) is 5.69 Å². The Balaban J connectivity index is 1.43. The van der Waals surface area contributed by atoms with Crippen LogP contribution in [0.1, 0.15) is 41.7 Å². The van der Waals surface area contributed by atoms with E-state index in [2.05, 4.69) is 30.0 Å². The topological polar surface area (TPSA) is 77.2 Å². The van der Waals surface area contributed by atoms with Crippen molar-refractivity contribution in [1.29, 1.82) is 0 Å². The molecule has 2 atom stereocenters. The predicted molar refractivity (Wildman–Crippen MR) is 161 cm³/mol. The Kier molecular flexibility index (Phi) is 10.4. The summed E-state index contributed by atoms with van der Waals surface area (Å²) in [6.45, 7) is 3.87. The molecule has 40 heavy (non-hydrogen) atoms. The summed E-state index contributed by atoms with van der Waals surface area (Å²) in [5, 5.41) is 11.3. The zero-order valence-corrected chi connectivity index (χ0v) is 23.6. The number of aliphatic hydroxyl groups excluding tert-OH is 1. The number of methoxy groups -OCH3 is 2. The van der Waals surface area contributed by atoms with Crippen LogP contribution in [0, 0.1) is 0 Å². The van der Waals surface area contributed by atoms with Crippen LogP contribution in [0.5, 0.6) is 17.2 Å². The largest absolute Gasteiger partial charge is 0.493 e. The maximum absolute atomic E-state index is 11.3. The summed E-state index contributed by atoms with van der Waals surface area (Å²) in [5.41, 5.74) is 11.1. The van der Waals surface area contributed by atoms with Crippen molar-refractivity contribution in [3.63, 3.8) is 0 Å². The van der Waals surface area contributed by atoms with Gasteiger partial charge in [-0.2, -0.15) is 0 Å². The number of nitrogens with two attached hydrogens (primary N) is 1. The highest BCUT2D eigenvalue weighted by molar-refractivity contribution is 5.54. The van der Waals surface area contributed by atoms with E-state index in [1.165, 1.54) is 11.1 Å². The number of aryl methyl sites for hydroxylation is 1. The zero-order chi connectivity index (χ0) is 28.3. The molecule has 0 aliphatic heterocycles. The van der Waals surface area contributed by atoms with Gasteiger partial charge in [-0.25, -0.2) is 0 Å². The standard InChI is InChI=1S/C34H40N2O4/c1-25(14-15-26-16-18-33(38-2)34(20-26)39-3)36(22-27-10-6-4-7-11-27)23-31(37)29-17-19-32(30(35)21-29)40-24-28-12-8-5-9-13-28/h4-13,16-21,25,31,37H,14-15,22-24,35H2,1-3H3. The van der Waals surface area contributed by atoms with Gasteiger partial charge in [0.15, 0.2) is 11.5 Å². The van der Waals surface area contributed by atoms with Crippen LogP contribution >= 0.6 is 0 Å². The molecule has 0 bridgehead atoms. The van der Waals surface area contributed by atoms with Gasteiger partial charge in [0.2, 0.25) is 0 Å². The van der Waals surface area contributed by atoms with E-state index in [4.69, 9.17) is 19.9 Å². The van der Waals surface area contributed by atoms with Gasteiger partial charge in [0.1, 0.15) is 12.4 Å². The number of rotatable bonds is 14. The normalized spacial score (nSPS) is 12.6. The fourth-order valence-electron chi connectivity index (χ4n) is 4.78. The van der Waals surface area contributed by atoms with Crippen molar-refractivity contribution in [2.75, 3.05) is 26.5 Å². The molecule has 0 heterocycles. The van der Waals surface area contributed by atoms with Crippen LogP contribution in [0.15, 0.2) is 97.1 Å². The van der Waals surface area contributed by atoms with Crippen LogP contribution in [-0.2, 0) is 19.6 Å². The van der Waals surface area contributed by atoms with Crippen LogP contribution < -0.4 is 19.9 Å². The second kappa shape index (κ2) is 14.4. The Morgan fingerprint density at radius 1 is 0.750 bits per heavy atom. The van der Waals surface area contributed by atoms with Gasteiger partial charge in [-0.15, -0.1) is 0 Å². The summed E-state index contributed by atoms with van der Waals surface area (Å²) in [4.78, 5) is 2.33. The number of aliphatic hydroxyl groups is 1. The van der Waals surface area contributed by atoms with Gasteiger partial charge in [0.25, 0.3) is 0 Å². The SMILES string of the molecule is COc1ccc(CCC(C)N(Cc2ccccc2)CC(O)c2ccc(OCc3ccccc3)c(N)c2)cc1OC. The van der Waals surface area contributed by atoms with Crippen molar-refractivity contribution >= 4 is 5.69 Å². The second-order valence-corrected chi connectivity index (χ2v) is 10.1. The Morgan fingerprint density at radius 3 is 2.05 bits per heavy atom. The molecule has 0 amide bonds. The monoisotopic (exact) mass is 540 g/mol. The van der Waals surface area contributed by atoms with Gasteiger partial charge < -0.3 is 25.1 Å². The van der Waals surface area contributed by atoms with Gasteiger partial charge in [0, 0.05) is 19.1 Å². The van der Waals surface area contributed by atoms with Crippen LogP contribution in [-0.4, -0.2) is 36.8 Å². The minimum absolute atomic E-state index is 0.216. The highest BCUT2D eigenvalue weighted by Crippen LogP contribution is 2.30. The maximum atomic E-state index is 11.3. The van der Waals surface area contributed by atoms with Gasteiger partial charge in [-0.05, 0) is 66.3 Å². The molecule has 0 aromatic heterocycles. The van der Waals surface area contributed by atoms with Gasteiger partial charge in [0.05, 0.1) is 26.0 Å². The summed E-state index contributed by atoms with van der Waals surface area (Å²) >= 11 is 0. The molecule has 6 heteroatoms. The second-order valence-electron chi connectivity index (χ2n) is 10.1. The van der Waals surface area contributed by atoms with E-state index in [0.717, 1.165) is 42.0 Å². The third-order valence-corrected chi connectivity index (χ3v) is 7.21. The van der Waals surface area contributed by atoms with E-state index in [1.807, 2.05) is 78.9 Å². The predicted octanol–water partition coefficient (Wildman–Crippen LogP) is 6.42. The first-order valence-corrected chi connectivity index (χ1v) is 13.7. The molecule has 3 N–H and O–H groups in total. The summed E-state index contributed by atoms with van der Waals surface area (Å²) < 4.78 is 16.8. The number of anilines is 1. The lowest BCUT2D eigenvalue weighted by Gasteiger charge is -2.31. The van der Waals surface area contributed by atoms with E-state index in [9.17, 15) is 5.11 Å². The van der Waals surface area contributed by atoms with Crippen molar-refractivity contribution < 1.29 is 19.3 Å². The number of nitrogens with zero attached hydrogens (tertiary/aromatic N) is 1. The third-order valence-electron chi connectivity index (χ3n) is 7.21. The average molecular weight is 541 g/mol. The first-order valence-electron chi connectivity index (χ1n) is 13.7. The summed E-state index contributed by atoms with van der Waals surface area (Å²) in [5.74, 6) is 2.08. The highest BCUT2D eigenvalue weighted by atomic mass is 16.5. The lowest BCUT2D eigenvalue weighted by molar-refractivity contribution is 0.0834. The van der Waals surface area contributed by atoms with E-state index < -0.39 is 6.10 Å². The van der Waals surface area contributed by atoms with Crippen LogP contribution in [0.2, 0.25) is 0 Å². The smallest absolute Gasteiger partial charge is 0.160 e. The van der Waals surface area contributed by atoms with Gasteiger partial charge in [-0.3, -0.25) is 4.90 Å². The molecule has 0 aliphatic carbocycles. The molecule has 4 rings (SSSR count). The molecule has 0 saturated carbocycles. The van der Waals surface area contributed by atoms with Crippen LogP contribution in [0.25, 0.3) is 0 Å². The Labute approximate surface area is 237 Å². The van der Waals surface area contributed by atoms with Gasteiger partial charge >= 0.3 is 0 Å². The minimum Gasteiger partial charge on any atom is -0.493 e. The Hall–Kier alpha value is -4.00. The maximum Gasteiger partial charge on any atom is 0.160 e. The van der Waals surface area contributed by atoms with Crippen molar-refractivity contribution in [2.24, 2.45) is 0 Å². The van der Waals surface area contributed by atoms with Gasteiger partial charge in [-0.1, -0.05) is 72.8 Å². The molecule has 0 saturated heterocycles. The first-order chi connectivity index (χ1) is 19.5. The van der Waals surface area contributed by atoms with E-state index in [1.54, 1.807) is 14.2 Å². The lowest BCUT2D eigenvalue weighted by atomic mass is 10.0. The fraction of sp³-hybridized carbons (Fsp3) is 0.294. The quantitative estimate of drug-likeness (QED) is 0.180. The molecule has 4 aromatic carbocycles. The highest BCUT2D eigenvalue weighted by Gasteiger charge is 2.20. The molecule has 210 valence electrons. The molecule has 6 nitrogen and oxygen atoms in total. The Morgan fingerprint density at radius 2 is 1.40 bits per heavy atom. The molecule has 0 aliphatic rings. The van der Waals surface area contributed by atoms with Crippen LogP contribution in [0.3, 0.4) is 0 Å². The molecule has 0 fully saturated rings. The summed E-state index contributed by atoms with van der Waals surface area (Å²) in [6.07, 6.45) is 1.10. The molecular formula is C34H40N2O4. The lowest BCUT2D eigenvalue weighted by Crippen LogP contribution is -2.36. The van der Waals surface area contributed by atoms with E-state index in [-0.39, 0.29) is 6.04 Å².